The quantitative estimate of drug-likeness (QED) is 0.871. The van der Waals surface area contributed by atoms with E-state index in [4.69, 9.17) is 0 Å². The summed E-state index contributed by atoms with van der Waals surface area (Å²) in [5.41, 5.74) is 2.22. The van der Waals surface area contributed by atoms with Crippen LogP contribution in [0, 0.1) is 0 Å². The number of hydrogen-bond donors (Lipinski definition) is 0. The van der Waals surface area contributed by atoms with E-state index in [1.54, 1.807) is 0 Å². The van der Waals surface area contributed by atoms with E-state index >= 15 is 0 Å². The summed E-state index contributed by atoms with van der Waals surface area (Å²) < 4.78 is 3.95. The van der Waals surface area contributed by atoms with Crippen LogP contribution < -0.4 is 0 Å². The molecule has 0 atom stereocenters. The lowest BCUT2D eigenvalue weighted by Crippen LogP contribution is -2.32. The zero-order valence-electron chi connectivity index (χ0n) is 14.0. The summed E-state index contributed by atoms with van der Waals surface area (Å²) in [5.74, 6) is 0. The summed E-state index contributed by atoms with van der Waals surface area (Å²) in [4.78, 5) is 2.54. The Kier molecular flexibility index (Phi) is 4.34. The van der Waals surface area contributed by atoms with Crippen molar-refractivity contribution in [2.24, 2.45) is 0 Å². The number of rotatable bonds is 4. The molecule has 0 N–H and O–H groups in total. The van der Waals surface area contributed by atoms with Gasteiger partial charge in [0.2, 0.25) is 0 Å². The Morgan fingerprint density at radius 2 is 1.86 bits per heavy atom. The van der Waals surface area contributed by atoms with E-state index in [-0.39, 0.29) is 5.41 Å². The first-order valence-corrected chi connectivity index (χ1v) is 8.34. The molecule has 0 spiro atoms. The molecule has 5 heteroatoms. The van der Waals surface area contributed by atoms with Crippen molar-refractivity contribution in [3.05, 3.63) is 30.4 Å². The minimum Gasteiger partial charge on any atom is -0.301 e. The van der Waals surface area contributed by atoms with Crippen LogP contribution >= 0.6 is 0 Å². The smallest absolute Gasteiger partial charge is 0.102 e. The maximum absolute atomic E-state index is 4.67. The highest BCUT2D eigenvalue weighted by Crippen LogP contribution is 2.20. The van der Waals surface area contributed by atoms with Gasteiger partial charge >= 0.3 is 0 Å². The largest absolute Gasteiger partial charge is 0.301 e. The number of hydrogen-bond acceptors (Lipinski definition) is 3. The molecule has 1 aliphatic heterocycles. The SMILES string of the molecule is CC(C)(C)c1ccn(-c2cnn(CCN3CCCCC3)c2)n1. The first-order valence-electron chi connectivity index (χ1n) is 8.34. The van der Waals surface area contributed by atoms with Crippen molar-refractivity contribution in [3.8, 4) is 5.69 Å². The summed E-state index contributed by atoms with van der Waals surface area (Å²) >= 11 is 0. The van der Waals surface area contributed by atoms with Crippen molar-refractivity contribution >= 4 is 0 Å². The van der Waals surface area contributed by atoms with Gasteiger partial charge < -0.3 is 4.90 Å². The average molecular weight is 301 g/mol. The van der Waals surface area contributed by atoms with Gasteiger partial charge in [-0.1, -0.05) is 27.2 Å². The minimum atomic E-state index is 0.0789. The Bertz CT molecular complexity index is 599. The first kappa shape index (κ1) is 15.3. The standard InChI is InChI=1S/C17H27N5/c1-17(2,3)16-7-10-22(19-16)15-13-18-21(14-15)12-11-20-8-5-4-6-9-20/h7,10,13-14H,4-6,8-9,11-12H2,1-3H3. The van der Waals surface area contributed by atoms with Gasteiger partial charge in [0.25, 0.3) is 0 Å². The predicted octanol–water partition coefficient (Wildman–Crippen LogP) is 2.85. The topological polar surface area (TPSA) is 38.9 Å². The highest BCUT2D eigenvalue weighted by Gasteiger charge is 2.17. The van der Waals surface area contributed by atoms with Crippen LogP contribution in [0.25, 0.3) is 5.69 Å². The van der Waals surface area contributed by atoms with Gasteiger partial charge in [0.1, 0.15) is 5.69 Å². The van der Waals surface area contributed by atoms with Crippen LogP contribution in [0.1, 0.15) is 45.7 Å². The van der Waals surface area contributed by atoms with E-state index in [1.807, 2.05) is 21.8 Å². The van der Waals surface area contributed by atoms with Crippen molar-refractivity contribution < 1.29 is 0 Å². The second kappa shape index (κ2) is 6.24. The Hall–Kier alpha value is -1.62. The molecule has 0 unspecified atom stereocenters. The number of piperidine rings is 1. The van der Waals surface area contributed by atoms with Gasteiger partial charge in [-0.2, -0.15) is 10.2 Å². The van der Waals surface area contributed by atoms with Gasteiger partial charge in [-0.05, 0) is 32.0 Å². The maximum atomic E-state index is 4.67. The van der Waals surface area contributed by atoms with Crippen molar-refractivity contribution in [3.63, 3.8) is 0 Å². The fraction of sp³-hybridized carbons (Fsp3) is 0.647. The second-order valence-corrected chi connectivity index (χ2v) is 7.26. The third-order valence-corrected chi connectivity index (χ3v) is 4.34. The molecular formula is C17H27N5. The van der Waals surface area contributed by atoms with E-state index < -0.39 is 0 Å². The third-order valence-electron chi connectivity index (χ3n) is 4.34. The van der Waals surface area contributed by atoms with Crippen LogP contribution in [0.4, 0.5) is 0 Å². The highest BCUT2D eigenvalue weighted by atomic mass is 15.3. The fourth-order valence-electron chi connectivity index (χ4n) is 2.89. The van der Waals surface area contributed by atoms with E-state index in [1.165, 1.54) is 32.4 Å². The molecule has 120 valence electrons. The maximum Gasteiger partial charge on any atom is 0.102 e. The zero-order valence-corrected chi connectivity index (χ0v) is 14.0. The van der Waals surface area contributed by atoms with Crippen LogP contribution in [0.3, 0.4) is 0 Å². The van der Waals surface area contributed by atoms with Gasteiger partial charge in [-0.3, -0.25) is 4.68 Å². The molecule has 3 heterocycles. The lowest BCUT2D eigenvalue weighted by Gasteiger charge is -2.26. The van der Waals surface area contributed by atoms with Gasteiger partial charge in [-0.15, -0.1) is 0 Å². The molecule has 22 heavy (non-hydrogen) atoms. The van der Waals surface area contributed by atoms with Gasteiger partial charge in [0.05, 0.1) is 24.6 Å². The third kappa shape index (κ3) is 3.58. The molecule has 2 aromatic rings. The normalized spacial score (nSPS) is 17.0. The van der Waals surface area contributed by atoms with Gasteiger partial charge in [0.15, 0.2) is 0 Å². The number of likely N-dealkylation sites (tertiary alicyclic amines) is 1. The Morgan fingerprint density at radius 1 is 1.09 bits per heavy atom. The summed E-state index contributed by atoms with van der Waals surface area (Å²) in [7, 11) is 0. The lowest BCUT2D eigenvalue weighted by molar-refractivity contribution is 0.218. The molecule has 1 aliphatic rings. The Morgan fingerprint density at radius 3 is 2.55 bits per heavy atom. The molecule has 0 radical (unpaired) electrons. The molecule has 0 bridgehead atoms. The van der Waals surface area contributed by atoms with Crippen molar-refractivity contribution in [2.45, 2.75) is 52.0 Å². The van der Waals surface area contributed by atoms with E-state index in [0.717, 1.165) is 24.5 Å². The molecule has 0 amide bonds. The molecule has 1 saturated heterocycles. The first-order chi connectivity index (χ1) is 10.5. The minimum absolute atomic E-state index is 0.0789. The zero-order chi connectivity index (χ0) is 15.6. The lowest BCUT2D eigenvalue weighted by atomic mass is 9.93. The molecular weight excluding hydrogens is 274 g/mol. The van der Waals surface area contributed by atoms with Gasteiger partial charge in [-0.25, -0.2) is 4.68 Å². The van der Waals surface area contributed by atoms with Crippen molar-refractivity contribution in [1.82, 2.24) is 24.5 Å². The Balaban J connectivity index is 1.62. The molecule has 0 saturated carbocycles. The van der Waals surface area contributed by atoms with Crippen molar-refractivity contribution in [2.75, 3.05) is 19.6 Å². The molecule has 0 aromatic carbocycles. The summed E-state index contributed by atoms with van der Waals surface area (Å²) in [6.45, 7) is 11.1. The van der Waals surface area contributed by atoms with E-state index in [9.17, 15) is 0 Å². The average Bonchev–Trinajstić information content (AvgIpc) is 3.14. The summed E-state index contributed by atoms with van der Waals surface area (Å²) in [6, 6.07) is 2.09. The van der Waals surface area contributed by atoms with Crippen LogP contribution in [-0.4, -0.2) is 44.1 Å². The van der Waals surface area contributed by atoms with Crippen LogP contribution in [-0.2, 0) is 12.0 Å². The number of nitrogens with zero attached hydrogens (tertiary/aromatic N) is 5. The monoisotopic (exact) mass is 301 g/mol. The second-order valence-electron chi connectivity index (χ2n) is 7.26. The molecule has 3 rings (SSSR count). The molecule has 1 fully saturated rings. The highest BCUT2D eigenvalue weighted by molar-refractivity contribution is 5.26. The molecule has 2 aromatic heterocycles. The fourth-order valence-corrected chi connectivity index (χ4v) is 2.89. The van der Waals surface area contributed by atoms with Crippen LogP contribution in [0.15, 0.2) is 24.7 Å². The molecule has 0 aliphatic carbocycles. The van der Waals surface area contributed by atoms with E-state index in [0.29, 0.717) is 0 Å². The predicted molar refractivity (Wildman–Crippen MR) is 88.3 cm³/mol. The van der Waals surface area contributed by atoms with Crippen LogP contribution in [0.5, 0.6) is 0 Å². The summed E-state index contributed by atoms with van der Waals surface area (Å²) in [5, 5.41) is 9.15. The van der Waals surface area contributed by atoms with Crippen LogP contribution in [0.2, 0.25) is 0 Å². The van der Waals surface area contributed by atoms with Crippen molar-refractivity contribution in [1.29, 1.82) is 0 Å². The number of aromatic nitrogens is 4. The van der Waals surface area contributed by atoms with E-state index in [2.05, 4.69) is 48.1 Å². The molecule has 5 nitrogen and oxygen atoms in total. The van der Waals surface area contributed by atoms with Gasteiger partial charge in [0, 0.05) is 18.2 Å². The Labute approximate surface area is 132 Å². The summed E-state index contributed by atoms with van der Waals surface area (Å²) in [6.07, 6.45) is 10.1.